The summed E-state index contributed by atoms with van der Waals surface area (Å²) in [4.78, 5) is 4.02. The van der Waals surface area contributed by atoms with Crippen molar-refractivity contribution in [3.8, 4) is 0 Å². The fourth-order valence-corrected chi connectivity index (χ4v) is 1.45. The van der Waals surface area contributed by atoms with Gasteiger partial charge in [0.1, 0.15) is 5.82 Å². The zero-order valence-electron chi connectivity index (χ0n) is 10.3. The van der Waals surface area contributed by atoms with E-state index in [0.717, 1.165) is 11.3 Å². The standard InChI is InChI=1S/C14H14FN3/c1-10-5-6-13(8-14(10)15)18-17-11(2)12-4-3-7-16-9-12/h3-9,18H,1-2H3/b17-11-. The third kappa shape index (κ3) is 2.91. The van der Waals surface area contributed by atoms with Gasteiger partial charge in [-0.2, -0.15) is 5.10 Å². The first-order chi connectivity index (χ1) is 8.66. The lowest BCUT2D eigenvalue weighted by Crippen LogP contribution is -2.00. The average Bonchev–Trinajstić information content (AvgIpc) is 2.41. The minimum Gasteiger partial charge on any atom is -0.278 e. The Balaban J connectivity index is 2.13. The molecule has 0 saturated heterocycles. The van der Waals surface area contributed by atoms with Crippen LogP contribution in [0.3, 0.4) is 0 Å². The van der Waals surface area contributed by atoms with E-state index in [2.05, 4.69) is 15.5 Å². The second kappa shape index (κ2) is 5.40. The number of anilines is 1. The van der Waals surface area contributed by atoms with Crippen molar-refractivity contribution in [1.29, 1.82) is 0 Å². The highest BCUT2D eigenvalue weighted by Gasteiger charge is 1.99. The average molecular weight is 243 g/mol. The summed E-state index contributed by atoms with van der Waals surface area (Å²) in [5.41, 5.74) is 5.80. The molecule has 0 unspecified atom stereocenters. The first kappa shape index (κ1) is 12.2. The topological polar surface area (TPSA) is 37.3 Å². The van der Waals surface area contributed by atoms with E-state index >= 15 is 0 Å². The molecule has 4 heteroatoms. The molecule has 92 valence electrons. The Morgan fingerprint density at radius 3 is 2.83 bits per heavy atom. The van der Waals surface area contributed by atoms with Crippen molar-refractivity contribution in [3.63, 3.8) is 0 Å². The number of rotatable bonds is 3. The molecule has 0 aliphatic heterocycles. The molecule has 0 atom stereocenters. The minimum atomic E-state index is -0.241. The predicted molar refractivity (Wildman–Crippen MR) is 71.2 cm³/mol. The molecule has 1 aromatic heterocycles. The number of hydrogen-bond acceptors (Lipinski definition) is 3. The summed E-state index contributed by atoms with van der Waals surface area (Å²) in [6, 6.07) is 8.70. The molecule has 1 N–H and O–H groups in total. The molecular formula is C14H14FN3. The molecule has 0 radical (unpaired) electrons. The number of hydrazone groups is 1. The Morgan fingerprint density at radius 2 is 2.17 bits per heavy atom. The van der Waals surface area contributed by atoms with Gasteiger partial charge in [-0.25, -0.2) is 4.39 Å². The van der Waals surface area contributed by atoms with Gasteiger partial charge in [0.25, 0.3) is 0 Å². The number of hydrogen-bond donors (Lipinski definition) is 1. The Morgan fingerprint density at radius 1 is 1.33 bits per heavy atom. The van der Waals surface area contributed by atoms with Crippen molar-refractivity contribution in [1.82, 2.24) is 4.98 Å². The van der Waals surface area contributed by atoms with Crippen LogP contribution in [0, 0.1) is 12.7 Å². The van der Waals surface area contributed by atoms with E-state index in [1.54, 1.807) is 31.5 Å². The predicted octanol–water partition coefficient (Wildman–Crippen LogP) is 3.37. The van der Waals surface area contributed by atoms with Gasteiger partial charge in [0.2, 0.25) is 0 Å². The van der Waals surface area contributed by atoms with Gasteiger partial charge in [0.05, 0.1) is 11.4 Å². The van der Waals surface area contributed by atoms with Gasteiger partial charge >= 0.3 is 0 Å². The number of aromatic nitrogens is 1. The normalized spacial score (nSPS) is 11.4. The number of nitrogens with one attached hydrogen (secondary N) is 1. The van der Waals surface area contributed by atoms with Crippen LogP contribution in [-0.4, -0.2) is 10.7 Å². The Kier molecular flexibility index (Phi) is 3.67. The van der Waals surface area contributed by atoms with Crippen molar-refractivity contribution < 1.29 is 4.39 Å². The third-order valence-electron chi connectivity index (χ3n) is 2.60. The molecule has 0 spiro atoms. The van der Waals surface area contributed by atoms with E-state index < -0.39 is 0 Å². The van der Waals surface area contributed by atoms with E-state index in [4.69, 9.17) is 0 Å². The molecule has 0 fully saturated rings. The maximum Gasteiger partial charge on any atom is 0.128 e. The summed E-state index contributed by atoms with van der Waals surface area (Å²) in [6.45, 7) is 3.60. The molecule has 2 aromatic rings. The molecule has 0 amide bonds. The zero-order valence-corrected chi connectivity index (χ0v) is 10.3. The molecule has 1 aromatic carbocycles. The van der Waals surface area contributed by atoms with Crippen molar-refractivity contribution in [3.05, 3.63) is 59.7 Å². The summed E-state index contributed by atoms with van der Waals surface area (Å²) < 4.78 is 13.3. The molecular weight excluding hydrogens is 229 g/mol. The molecule has 0 aliphatic carbocycles. The van der Waals surface area contributed by atoms with Crippen LogP contribution in [0.2, 0.25) is 0 Å². The maximum atomic E-state index is 13.3. The van der Waals surface area contributed by atoms with E-state index in [9.17, 15) is 4.39 Å². The molecule has 3 nitrogen and oxygen atoms in total. The number of pyridine rings is 1. The van der Waals surface area contributed by atoms with Crippen LogP contribution in [0.4, 0.5) is 10.1 Å². The van der Waals surface area contributed by atoms with Crippen molar-refractivity contribution in [2.75, 3.05) is 5.43 Å². The van der Waals surface area contributed by atoms with Gasteiger partial charge in [0, 0.05) is 18.0 Å². The highest BCUT2D eigenvalue weighted by Crippen LogP contribution is 2.13. The van der Waals surface area contributed by atoms with Crippen LogP contribution in [0.5, 0.6) is 0 Å². The quantitative estimate of drug-likeness (QED) is 0.663. The molecule has 1 heterocycles. The van der Waals surface area contributed by atoms with Crippen molar-refractivity contribution >= 4 is 11.4 Å². The van der Waals surface area contributed by atoms with Gasteiger partial charge in [0.15, 0.2) is 0 Å². The summed E-state index contributed by atoms with van der Waals surface area (Å²) in [5.74, 6) is -0.241. The molecule has 0 aliphatic rings. The third-order valence-corrected chi connectivity index (χ3v) is 2.60. The highest BCUT2D eigenvalue weighted by atomic mass is 19.1. The van der Waals surface area contributed by atoms with Crippen LogP contribution in [-0.2, 0) is 0 Å². The zero-order chi connectivity index (χ0) is 13.0. The summed E-state index contributed by atoms with van der Waals surface area (Å²) in [6.07, 6.45) is 3.44. The summed E-state index contributed by atoms with van der Waals surface area (Å²) in [5, 5.41) is 4.20. The number of nitrogens with zero attached hydrogens (tertiary/aromatic N) is 2. The van der Waals surface area contributed by atoms with Gasteiger partial charge < -0.3 is 0 Å². The number of halogens is 1. The largest absolute Gasteiger partial charge is 0.278 e. The molecule has 18 heavy (non-hydrogen) atoms. The highest BCUT2D eigenvalue weighted by molar-refractivity contribution is 5.98. The van der Waals surface area contributed by atoms with Gasteiger partial charge in [-0.1, -0.05) is 12.1 Å². The van der Waals surface area contributed by atoms with Crippen LogP contribution < -0.4 is 5.43 Å². The lowest BCUT2D eigenvalue weighted by molar-refractivity contribution is 0.619. The fraction of sp³-hybridized carbons (Fsp3) is 0.143. The Bertz CT molecular complexity index is 565. The van der Waals surface area contributed by atoms with Crippen molar-refractivity contribution in [2.24, 2.45) is 5.10 Å². The van der Waals surface area contributed by atoms with Crippen LogP contribution >= 0.6 is 0 Å². The monoisotopic (exact) mass is 243 g/mol. The van der Waals surface area contributed by atoms with Crippen LogP contribution in [0.25, 0.3) is 0 Å². The molecule has 2 rings (SSSR count). The summed E-state index contributed by atoms with van der Waals surface area (Å²) >= 11 is 0. The molecule has 0 saturated carbocycles. The smallest absolute Gasteiger partial charge is 0.128 e. The Hall–Kier alpha value is -2.23. The number of benzene rings is 1. The van der Waals surface area contributed by atoms with E-state index in [1.165, 1.54) is 6.07 Å². The van der Waals surface area contributed by atoms with Gasteiger partial charge in [-0.05, 0) is 37.6 Å². The van der Waals surface area contributed by atoms with Crippen LogP contribution in [0.15, 0.2) is 47.8 Å². The van der Waals surface area contributed by atoms with Gasteiger partial charge in [-0.15, -0.1) is 0 Å². The van der Waals surface area contributed by atoms with Crippen molar-refractivity contribution in [2.45, 2.75) is 13.8 Å². The number of aryl methyl sites for hydroxylation is 1. The second-order valence-corrected chi connectivity index (χ2v) is 4.01. The van der Waals surface area contributed by atoms with Crippen LogP contribution in [0.1, 0.15) is 18.1 Å². The van der Waals surface area contributed by atoms with Gasteiger partial charge in [-0.3, -0.25) is 10.4 Å². The summed E-state index contributed by atoms with van der Waals surface area (Å²) in [7, 11) is 0. The minimum absolute atomic E-state index is 0.241. The lowest BCUT2D eigenvalue weighted by Gasteiger charge is -2.04. The maximum absolute atomic E-state index is 13.3. The Labute approximate surface area is 105 Å². The second-order valence-electron chi connectivity index (χ2n) is 4.01. The fourth-order valence-electron chi connectivity index (χ4n) is 1.45. The SMILES string of the molecule is C/C(=N/Nc1ccc(C)c(F)c1)c1cccnc1. The first-order valence-corrected chi connectivity index (χ1v) is 5.63. The molecule has 0 bridgehead atoms. The van der Waals surface area contributed by atoms with E-state index in [0.29, 0.717) is 11.3 Å². The lowest BCUT2D eigenvalue weighted by atomic mass is 10.2. The van der Waals surface area contributed by atoms with E-state index in [-0.39, 0.29) is 5.82 Å². The van der Waals surface area contributed by atoms with E-state index in [1.807, 2.05) is 19.1 Å². The first-order valence-electron chi connectivity index (χ1n) is 5.63.